The van der Waals surface area contributed by atoms with Gasteiger partial charge in [0.1, 0.15) is 6.10 Å². The molecule has 1 amide bonds. The maximum atomic E-state index is 13.3. The van der Waals surface area contributed by atoms with E-state index in [0.29, 0.717) is 11.8 Å². The molecule has 0 radical (unpaired) electrons. The zero-order chi connectivity index (χ0) is 19.7. The molecule has 0 aliphatic heterocycles. The number of rotatable bonds is 3. The number of carbonyl (C=O) groups excluding carboxylic acids is 2. The van der Waals surface area contributed by atoms with Crippen molar-refractivity contribution in [1.29, 1.82) is 0 Å². The van der Waals surface area contributed by atoms with E-state index in [9.17, 15) is 9.59 Å². The van der Waals surface area contributed by atoms with Crippen LogP contribution in [0.2, 0.25) is 0 Å². The summed E-state index contributed by atoms with van der Waals surface area (Å²) in [5, 5.41) is 3.34. The Morgan fingerprint density at radius 2 is 1.71 bits per heavy atom. The van der Waals surface area contributed by atoms with Crippen LogP contribution in [0, 0.1) is 34.0 Å². The van der Waals surface area contributed by atoms with Gasteiger partial charge < -0.3 is 10.1 Å². The van der Waals surface area contributed by atoms with E-state index in [2.05, 4.69) is 17.5 Å². The number of allylic oxidation sites excluding steroid dienone is 2. The smallest absolute Gasteiger partial charge is 0.310 e. The van der Waals surface area contributed by atoms with Crippen molar-refractivity contribution in [2.45, 2.75) is 90.7 Å². The maximum absolute atomic E-state index is 13.3. The van der Waals surface area contributed by atoms with Crippen LogP contribution < -0.4 is 5.32 Å². The van der Waals surface area contributed by atoms with Gasteiger partial charge in [0.05, 0.1) is 5.92 Å². The van der Waals surface area contributed by atoms with Gasteiger partial charge in [-0.3, -0.25) is 9.59 Å². The molecule has 0 unspecified atom stereocenters. The molecular weight excluding hydrogens is 350 g/mol. The number of fused-ring (bicyclic) bond motifs is 3. The van der Waals surface area contributed by atoms with E-state index >= 15 is 0 Å². The monoisotopic (exact) mass is 385 g/mol. The van der Waals surface area contributed by atoms with Crippen LogP contribution in [-0.2, 0) is 14.3 Å². The van der Waals surface area contributed by atoms with E-state index in [-0.39, 0.29) is 46.2 Å². The van der Waals surface area contributed by atoms with Crippen LogP contribution in [0.4, 0.5) is 0 Å². The zero-order valence-electron chi connectivity index (χ0n) is 17.6. The number of ether oxygens (including phenoxy) is 1. The van der Waals surface area contributed by atoms with Gasteiger partial charge in [-0.15, -0.1) is 0 Å². The first kappa shape index (κ1) is 18.7. The van der Waals surface area contributed by atoms with E-state index in [4.69, 9.17) is 4.74 Å². The van der Waals surface area contributed by atoms with E-state index in [1.807, 2.05) is 20.8 Å². The van der Waals surface area contributed by atoms with Crippen molar-refractivity contribution >= 4 is 11.9 Å². The van der Waals surface area contributed by atoms with Gasteiger partial charge >= 0.3 is 5.97 Å². The van der Waals surface area contributed by atoms with Crippen LogP contribution in [0.5, 0.6) is 0 Å². The number of amides is 1. The quantitative estimate of drug-likeness (QED) is 0.579. The van der Waals surface area contributed by atoms with Crippen LogP contribution in [-0.4, -0.2) is 24.0 Å². The lowest BCUT2D eigenvalue weighted by molar-refractivity contribution is -0.164. The van der Waals surface area contributed by atoms with Gasteiger partial charge in [0.15, 0.2) is 0 Å². The molecule has 4 heteroatoms. The van der Waals surface area contributed by atoms with Gasteiger partial charge in [-0.1, -0.05) is 39.3 Å². The molecule has 4 nitrogen and oxygen atoms in total. The van der Waals surface area contributed by atoms with Gasteiger partial charge in [-0.05, 0) is 68.6 Å². The van der Waals surface area contributed by atoms with Gasteiger partial charge in [-0.25, -0.2) is 0 Å². The number of esters is 1. The highest BCUT2D eigenvalue weighted by atomic mass is 16.5. The molecule has 5 rings (SSSR count). The lowest BCUT2D eigenvalue weighted by atomic mass is 9.77. The first-order valence-corrected chi connectivity index (χ1v) is 11.5. The third-order valence-electron chi connectivity index (χ3n) is 8.81. The third kappa shape index (κ3) is 2.62. The SMILES string of the molecule is CC(C)(C)C(=O)N[C@@H]1CCC[C@@]12CCC[C@H]2OC(=O)[C@H]1[C@H]2C=C[C@H](C2)C12CC2. The molecule has 154 valence electrons. The van der Waals surface area contributed by atoms with Gasteiger partial charge in [0.2, 0.25) is 5.91 Å². The molecule has 2 bridgehead atoms. The summed E-state index contributed by atoms with van der Waals surface area (Å²) < 4.78 is 6.33. The van der Waals surface area contributed by atoms with Crippen molar-refractivity contribution in [2.75, 3.05) is 0 Å². The van der Waals surface area contributed by atoms with Gasteiger partial charge in [0, 0.05) is 16.9 Å². The summed E-state index contributed by atoms with van der Waals surface area (Å²) in [7, 11) is 0. The molecule has 1 N–H and O–H groups in total. The molecule has 0 heterocycles. The van der Waals surface area contributed by atoms with Crippen LogP contribution in [0.3, 0.4) is 0 Å². The normalized spacial score (nSPS) is 42.5. The maximum Gasteiger partial charge on any atom is 0.310 e. The Kier molecular flexibility index (Phi) is 4.07. The Bertz CT molecular complexity index is 712. The molecule has 5 aliphatic rings. The average Bonchev–Trinajstić information content (AvgIpc) is 3.01. The lowest BCUT2D eigenvalue weighted by Gasteiger charge is -2.39. The van der Waals surface area contributed by atoms with Crippen molar-refractivity contribution in [3.8, 4) is 0 Å². The molecule has 2 spiro atoms. The number of hydrogen-bond donors (Lipinski definition) is 1. The molecule has 0 aromatic rings. The highest BCUT2D eigenvalue weighted by molar-refractivity contribution is 5.81. The molecule has 4 fully saturated rings. The summed E-state index contributed by atoms with van der Waals surface area (Å²) in [5.41, 5.74) is -0.194. The highest BCUT2D eigenvalue weighted by Gasteiger charge is 2.66. The summed E-state index contributed by atoms with van der Waals surface area (Å²) in [5.74, 6) is 1.28. The van der Waals surface area contributed by atoms with Crippen LogP contribution in [0.15, 0.2) is 12.2 Å². The molecule has 0 aromatic heterocycles. The average molecular weight is 386 g/mol. The van der Waals surface area contributed by atoms with E-state index in [0.717, 1.165) is 44.9 Å². The minimum Gasteiger partial charge on any atom is -0.461 e. The van der Waals surface area contributed by atoms with E-state index < -0.39 is 0 Å². The summed E-state index contributed by atoms with van der Waals surface area (Å²) in [6, 6.07) is 0.148. The fourth-order valence-corrected chi connectivity index (χ4v) is 7.12. The highest BCUT2D eigenvalue weighted by Crippen LogP contribution is 2.69. The molecule has 4 saturated carbocycles. The van der Waals surface area contributed by atoms with Crippen molar-refractivity contribution in [3.05, 3.63) is 12.2 Å². The molecule has 0 saturated heterocycles. The first-order valence-electron chi connectivity index (χ1n) is 11.5. The molecule has 0 aromatic carbocycles. The zero-order valence-corrected chi connectivity index (χ0v) is 17.6. The van der Waals surface area contributed by atoms with E-state index in [1.54, 1.807) is 0 Å². The summed E-state index contributed by atoms with van der Waals surface area (Å²) in [6.45, 7) is 5.90. The Morgan fingerprint density at radius 3 is 2.39 bits per heavy atom. The second-order valence-corrected chi connectivity index (χ2v) is 11.3. The van der Waals surface area contributed by atoms with Crippen LogP contribution >= 0.6 is 0 Å². The van der Waals surface area contributed by atoms with Gasteiger partial charge in [-0.2, -0.15) is 0 Å². The Labute approximate surface area is 168 Å². The fourth-order valence-electron chi connectivity index (χ4n) is 7.12. The first-order chi connectivity index (χ1) is 13.3. The minimum absolute atomic E-state index is 0.0216. The van der Waals surface area contributed by atoms with Crippen molar-refractivity contribution in [2.24, 2.45) is 34.0 Å². The largest absolute Gasteiger partial charge is 0.461 e. The summed E-state index contributed by atoms with van der Waals surface area (Å²) in [4.78, 5) is 26.0. The van der Waals surface area contributed by atoms with Crippen molar-refractivity contribution < 1.29 is 14.3 Å². The number of hydrogen-bond acceptors (Lipinski definition) is 3. The second kappa shape index (κ2) is 6.09. The van der Waals surface area contributed by atoms with Gasteiger partial charge in [0.25, 0.3) is 0 Å². The molecular formula is C24H35NO3. The lowest BCUT2D eigenvalue weighted by Crippen LogP contribution is -2.52. The topological polar surface area (TPSA) is 55.4 Å². The predicted octanol–water partition coefficient (Wildman–Crippen LogP) is 4.39. The van der Waals surface area contributed by atoms with Crippen molar-refractivity contribution in [3.63, 3.8) is 0 Å². The van der Waals surface area contributed by atoms with Crippen molar-refractivity contribution in [1.82, 2.24) is 5.32 Å². The minimum atomic E-state index is -0.387. The third-order valence-corrected chi connectivity index (χ3v) is 8.81. The molecule has 6 atom stereocenters. The van der Waals surface area contributed by atoms with E-state index in [1.165, 1.54) is 12.8 Å². The second-order valence-electron chi connectivity index (χ2n) is 11.3. The number of carbonyl (C=O) groups is 2. The summed E-state index contributed by atoms with van der Waals surface area (Å²) in [6.07, 6.45) is 14.5. The number of nitrogens with one attached hydrogen (secondary N) is 1. The summed E-state index contributed by atoms with van der Waals surface area (Å²) >= 11 is 0. The van der Waals surface area contributed by atoms with Crippen LogP contribution in [0.1, 0.15) is 78.6 Å². The molecule has 5 aliphatic carbocycles. The molecule has 28 heavy (non-hydrogen) atoms. The Balaban J connectivity index is 1.32. The fraction of sp³-hybridized carbons (Fsp3) is 0.833. The Morgan fingerprint density at radius 1 is 1.00 bits per heavy atom. The Hall–Kier alpha value is -1.32. The standard InChI is InChI=1S/C24H35NO3/c1-22(2,3)21(27)25-17-6-4-10-24(17)11-5-7-18(24)28-20(26)19-15-8-9-16(14-15)23(19)12-13-23/h8-9,15-19H,4-7,10-14H2,1-3H3,(H,25,27)/t15-,16+,17+,18+,19+,24+/m0/s1. The predicted molar refractivity (Wildman–Crippen MR) is 107 cm³/mol. The van der Waals surface area contributed by atoms with Crippen LogP contribution in [0.25, 0.3) is 0 Å².